The summed E-state index contributed by atoms with van der Waals surface area (Å²) in [4.78, 5) is 23.1. The van der Waals surface area contributed by atoms with Crippen molar-refractivity contribution in [2.24, 2.45) is 0 Å². The number of rotatable bonds is 5. The molecule has 0 atom stereocenters. The number of amides is 1. The molecule has 4 nitrogen and oxygen atoms in total. The smallest absolute Gasteiger partial charge is 0.262 e. The Labute approximate surface area is 151 Å². The number of ether oxygens (including phenoxy) is 1. The Kier molecular flexibility index (Phi) is 5.96. The topological polar surface area (TPSA) is 55.4 Å². The zero-order valence-corrected chi connectivity index (χ0v) is 15.8. The number of hydrogen-bond donors (Lipinski definition) is 1. The number of hydrogen-bond acceptors (Lipinski definition) is 3. The van der Waals surface area contributed by atoms with Crippen LogP contribution in [0.4, 0.5) is 5.69 Å². The van der Waals surface area contributed by atoms with E-state index in [-0.39, 0.29) is 12.5 Å². The number of nitrogens with one attached hydrogen (secondary N) is 1. The van der Waals surface area contributed by atoms with Crippen LogP contribution in [0.5, 0.6) is 5.75 Å². The van der Waals surface area contributed by atoms with Crippen molar-refractivity contribution in [3.63, 3.8) is 0 Å². The molecule has 0 unspecified atom stereocenters. The minimum absolute atomic E-state index is 0.169. The van der Waals surface area contributed by atoms with Crippen LogP contribution in [0.1, 0.15) is 21.5 Å². The zero-order chi connectivity index (χ0) is 17.0. The second-order valence-electron chi connectivity index (χ2n) is 5.05. The lowest BCUT2D eigenvalue weighted by Crippen LogP contribution is -2.21. The van der Waals surface area contributed by atoms with Gasteiger partial charge in [0.05, 0.1) is 5.56 Å². The van der Waals surface area contributed by atoms with Crippen molar-refractivity contribution >= 4 is 49.7 Å². The summed E-state index contributed by atoms with van der Waals surface area (Å²) in [5, 5.41) is 2.84. The molecule has 0 saturated carbocycles. The molecule has 2 aromatic rings. The normalized spacial score (nSPS) is 10.3. The quantitative estimate of drug-likeness (QED) is 0.688. The maximum absolute atomic E-state index is 12.1. The second kappa shape index (κ2) is 7.75. The molecule has 0 aromatic heterocycles. The predicted octanol–water partition coefficient (Wildman–Crippen LogP) is 4.66. The van der Waals surface area contributed by atoms with Crippen molar-refractivity contribution in [2.45, 2.75) is 13.8 Å². The number of carbonyl (C=O) groups excluding carboxylic acids is 2. The lowest BCUT2D eigenvalue weighted by molar-refractivity contribution is -0.118. The number of aryl methyl sites for hydroxylation is 2. The highest BCUT2D eigenvalue weighted by Gasteiger charge is 2.11. The molecule has 0 saturated heterocycles. The molecule has 1 N–H and O–H groups in total. The molecule has 6 heteroatoms. The molecule has 0 aliphatic heterocycles. The summed E-state index contributed by atoms with van der Waals surface area (Å²) in [6, 6.07) is 8.91. The third kappa shape index (κ3) is 4.65. The Hall–Kier alpha value is -1.66. The fourth-order valence-corrected chi connectivity index (χ4v) is 3.24. The standard InChI is InChI=1S/C17H15Br2NO3/c1-10-5-14(19)6-11(2)17(10)20-16(22)9-23-15-4-3-13(18)7-12(15)8-21/h3-8H,9H2,1-2H3,(H,20,22). The van der Waals surface area contributed by atoms with E-state index in [0.717, 1.165) is 25.8 Å². The van der Waals surface area contributed by atoms with Gasteiger partial charge < -0.3 is 10.1 Å². The number of benzene rings is 2. The van der Waals surface area contributed by atoms with Gasteiger partial charge in [0.1, 0.15) is 5.75 Å². The summed E-state index contributed by atoms with van der Waals surface area (Å²) in [5.41, 5.74) is 3.08. The average Bonchev–Trinajstić information content (AvgIpc) is 2.49. The Morgan fingerprint density at radius 1 is 1.13 bits per heavy atom. The lowest BCUT2D eigenvalue weighted by atomic mass is 10.1. The van der Waals surface area contributed by atoms with Crippen LogP contribution in [-0.4, -0.2) is 18.8 Å². The molecule has 0 fully saturated rings. The third-order valence-corrected chi connectivity index (χ3v) is 4.17. The zero-order valence-electron chi connectivity index (χ0n) is 12.7. The number of carbonyl (C=O) groups is 2. The van der Waals surface area contributed by atoms with E-state index in [4.69, 9.17) is 4.74 Å². The molecule has 2 aromatic carbocycles. The van der Waals surface area contributed by atoms with Gasteiger partial charge in [-0.2, -0.15) is 0 Å². The molecule has 0 aliphatic carbocycles. The van der Waals surface area contributed by atoms with E-state index < -0.39 is 0 Å². The second-order valence-corrected chi connectivity index (χ2v) is 6.88. The fraction of sp³-hybridized carbons (Fsp3) is 0.176. The van der Waals surface area contributed by atoms with E-state index in [0.29, 0.717) is 17.6 Å². The van der Waals surface area contributed by atoms with E-state index in [1.54, 1.807) is 18.2 Å². The van der Waals surface area contributed by atoms with Gasteiger partial charge in [-0.25, -0.2) is 0 Å². The number of aldehydes is 1. The molecule has 23 heavy (non-hydrogen) atoms. The summed E-state index contributed by atoms with van der Waals surface area (Å²) >= 11 is 6.71. The molecule has 0 bridgehead atoms. The van der Waals surface area contributed by atoms with E-state index in [1.165, 1.54) is 0 Å². The molecule has 2 rings (SSSR count). The van der Waals surface area contributed by atoms with Crippen LogP contribution in [0.15, 0.2) is 39.3 Å². The minimum atomic E-state index is -0.279. The fourth-order valence-electron chi connectivity index (χ4n) is 2.17. The number of anilines is 1. The highest BCUT2D eigenvalue weighted by molar-refractivity contribution is 9.10. The van der Waals surface area contributed by atoms with Crippen LogP contribution < -0.4 is 10.1 Å². The summed E-state index contributed by atoms with van der Waals surface area (Å²) < 4.78 is 7.19. The first-order chi connectivity index (χ1) is 10.9. The van der Waals surface area contributed by atoms with Crippen molar-refractivity contribution in [1.82, 2.24) is 0 Å². The van der Waals surface area contributed by atoms with Gasteiger partial charge >= 0.3 is 0 Å². The van der Waals surface area contributed by atoms with Gasteiger partial charge in [-0.15, -0.1) is 0 Å². The summed E-state index contributed by atoms with van der Waals surface area (Å²) in [7, 11) is 0. The van der Waals surface area contributed by atoms with Crippen LogP contribution in [0.3, 0.4) is 0 Å². The Morgan fingerprint density at radius 3 is 2.39 bits per heavy atom. The first-order valence-electron chi connectivity index (χ1n) is 6.85. The van der Waals surface area contributed by atoms with E-state index in [9.17, 15) is 9.59 Å². The van der Waals surface area contributed by atoms with Crippen LogP contribution in [-0.2, 0) is 4.79 Å². The van der Waals surface area contributed by atoms with E-state index in [1.807, 2.05) is 26.0 Å². The lowest BCUT2D eigenvalue weighted by Gasteiger charge is -2.13. The molecule has 1 amide bonds. The summed E-state index contributed by atoms with van der Waals surface area (Å²) in [6.45, 7) is 3.68. The third-order valence-electron chi connectivity index (χ3n) is 3.22. The van der Waals surface area contributed by atoms with Crippen molar-refractivity contribution in [1.29, 1.82) is 0 Å². The van der Waals surface area contributed by atoms with Gasteiger partial charge in [0, 0.05) is 14.6 Å². The van der Waals surface area contributed by atoms with Gasteiger partial charge in [-0.1, -0.05) is 31.9 Å². The van der Waals surface area contributed by atoms with Crippen LogP contribution in [0.25, 0.3) is 0 Å². The molecule has 0 aliphatic rings. The van der Waals surface area contributed by atoms with Gasteiger partial charge in [0.25, 0.3) is 5.91 Å². The van der Waals surface area contributed by atoms with Gasteiger partial charge in [-0.05, 0) is 55.3 Å². The monoisotopic (exact) mass is 439 g/mol. The highest BCUT2D eigenvalue weighted by atomic mass is 79.9. The average molecular weight is 441 g/mol. The maximum Gasteiger partial charge on any atom is 0.262 e. The molecule has 0 heterocycles. The Balaban J connectivity index is 2.05. The van der Waals surface area contributed by atoms with Gasteiger partial charge in [0.15, 0.2) is 12.9 Å². The highest BCUT2D eigenvalue weighted by Crippen LogP contribution is 2.25. The first kappa shape index (κ1) is 17.7. The van der Waals surface area contributed by atoms with Crippen LogP contribution in [0, 0.1) is 13.8 Å². The number of halogens is 2. The van der Waals surface area contributed by atoms with E-state index >= 15 is 0 Å². The Bertz CT molecular complexity index is 736. The molecule has 0 radical (unpaired) electrons. The van der Waals surface area contributed by atoms with Crippen molar-refractivity contribution < 1.29 is 14.3 Å². The van der Waals surface area contributed by atoms with Crippen molar-refractivity contribution in [2.75, 3.05) is 11.9 Å². The summed E-state index contributed by atoms with van der Waals surface area (Å²) in [5.74, 6) is 0.0980. The van der Waals surface area contributed by atoms with E-state index in [2.05, 4.69) is 37.2 Å². The predicted molar refractivity (Wildman–Crippen MR) is 97.3 cm³/mol. The van der Waals surface area contributed by atoms with Gasteiger partial charge in [0.2, 0.25) is 0 Å². The molecule has 120 valence electrons. The summed E-state index contributed by atoms with van der Waals surface area (Å²) in [6.07, 6.45) is 0.695. The maximum atomic E-state index is 12.1. The van der Waals surface area contributed by atoms with Crippen LogP contribution >= 0.6 is 31.9 Å². The first-order valence-corrected chi connectivity index (χ1v) is 8.43. The van der Waals surface area contributed by atoms with Crippen molar-refractivity contribution in [3.05, 3.63) is 56.0 Å². The van der Waals surface area contributed by atoms with Gasteiger partial charge in [-0.3, -0.25) is 9.59 Å². The molecular formula is C17H15Br2NO3. The minimum Gasteiger partial charge on any atom is -0.483 e. The molecular weight excluding hydrogens is 426 g/mol. The van der Waals surface area contributed by atoms with Crippen molar-refractivity contribution in [3.8, 4) is 5.75 Å². The SMILES string of the molecule is Cc1cc(Br)cc(C)c1NC(=O)COc1ccc(Br)cc1C=O. The van der Waals surface area contributed by atoms with Crippen LogP contribution in [0.2, 0.25) is 0 Å². The Morgan fingerprint density at radius 2 is 1.78 bits per heavy atom. The molecule has 0 spiro atoms. The largest absolute Gasteiger partial charge is 0.483 e.